The summed E-state index contributed by atoms with van der Waals surface area (Å²) >= 11 is 0. The standard InChI is InChI=1S/C13H18N2O.ClH/c1-13(2)7-8-15(9-13)12(16)10-3-5-11(14)6-4-10;/h3-6H,7-9,14H2,1-2H3;1H. The van der Waals surface area contributed by atoms with Crippen LogP contribution in [0, 0.1) is 5.41 Å². The number of halogens is 1. The zero-order valence-electron chi connectivity index (χ0n) is 10.3. The summed E-state index contributed by atoms with van der Waals surface area (Å²) < 4.78 is 0. The summed E-state index contributed by atoms with van der Waals surface area (Å²) in [6.45, 7) is 6.10. The van der Waals surface area contributed by atoms with Crippen LogP contribution in [0.3, 0.4) is 0 Å². The van der Waals surface area contributed by atoms with Crippen molar-refractivity contribution in [3.63, 3.8) is 0 Å². The molecule has 1 aliphatic heterocycles. The van der Waals surface area contributed by atoms with Gasteiger partial charge in [-0.2, -0.15) is 0 Å². The predicted octanol–water partition coefficient (Wildman–Crippen LogP) is 2.56. The van der Waals surface area contributed by atoms with Crippen molar-refractivity contribution in [2.75, 3.05) is 18.8 Å². The van der Waals surface area contributed by atoms with E-state index >= 15 is 0 Å². The zero-order chi connectivity index (χ0) is 11.8. The normalized spacial score (nSPS) is 17.6. The molecule has 0 atom stereocenters. The van der Waals surface area contributed by atoms with Gasteiger partial charge in [-0.05, 0) is 36.1 Å². The van der Waals surface area contributed by atoms with Gasteiger partial charge in [0.25, 0.3) is 5.91 Å². The second-order valence-electron chi connectivity index (χ2n) is 5.26. The van der Waals surface area contributed by atoms with Crippen LogP contribution in [-0.4, -0.2) is 23.9 Å². The molecule has 17 heavy (non-hydrogen) atoms. The van der Waals surface area contributed by atoms with E-state index in [0.29, 0.717) is 5.69 Å². The lowest BCUT2D eigenvalue weighted by atomic mass is 9.93. The Kier molecular flexibility index (Phi) is 4.04. The van der Waals surface area contributed by atoms with Crippen molar-refractivity contribution in [3.05, 3.63) is 29.8 Å². The van der Waals surface area contributed by atoms with Crippen molar-refractivity contribution >= 4 is 24.0 Å². The van der Waals surface area contributed by atoms with Crippen molar-refractivity contribution in [3.8, 4) is 0 Å². The topological polar surface area (TPSA) is 46.3 Å². The van der Waals surface area contributed by atoms with Crippen molar-refractivity contribution in [1.29, 1.82) is 0 Å². The lowest BCUT2D eigenvalue weighted by Crippen LogP contribution is -2.30. The Morgan fingerprint density at radius 1 is 1.29 bits per heavy atom. The molecule has 0 aromatic heterocycles. The molecule has 1 fully saturated rings. The first-order valence-corrected chi connectivity index (χ1v) is 5.63. The molecule has 2 N–H and O–H groups in total. The fourth-order valence-electron chi connectivity index (χ4n) is 2.09. The van der Waals surface area contributed by atoms with Crippen molar-refractivity contribution in [2.24, 2.45) is 5.41 Å². The number of nitrogens with zero attached hydrogens (tertiary/aromatic N) is 1. The van der Waals surface area contributed by atoms with E-state index in [9.17, 15) is 4.79 Å². The van der Waals surface area contributed by atoms with Gasteiger partial charge in [0.1, 0.15) is 0 Å². The molecule has 1 aliphatic rings. The van der Waals surface area contributed by atoms with Crippen LogP contribution in [0.5, 0.6) is 0 Å². The van der Waals surface area contributed by atoms with E-state index in [4.69, 9.17) is 5.73 Å². The van der Waals surface area contributed by atoms with Gasteiger partial charge in [0.2, 0.25) is 0 Å². The van der Waals surface area contributed by atoms with Crippen LogP contribution < -0.4 is 5.73 Å². The lowest BCUT2D eigenvalue weighted by Gasteiger charge is -2.19. The van der Waals surface area contributed by atoms with Crippen LogP contribution >= 0.6 is 12.4 Å². The highest BCUT2D eigenvalue weighted by molar-refractivity contribution is 5.94. The first-order valence-electron chi connectivity index (χ1n) is 5.63. The Bertz CT molecular complexity index is 400. The number of carbonyl (C=O) groups excluding carboxylic acids is 1. The first-order chi connectivity index (χ1) is 7.48. The minimum absolute atomic E-state index is 0. The van der Waals surface area contributed by atoms with Gasteiger partial charge in [0, 0.05) is 24.3 Å². The molecule has 0 bridgehead atoms. The molecule has 4 heteroatoms. The Balaban J connectivity index is 0.00000144. The van der Waals surface area contributed by atoms with Crippen LogP contribution in [0.2, 0.25) is 0 Å². The second-order valence-corrected chi connectivity index (χ2v) is 5.26. The van der Waals surface area contributed by atoms with Crippen LogP contribution in [0.4, 0.5) is 5.69 Å². The molecule has 0 aliphatic carbocycles. The van der Waals surface area contributed by atoms with E-state index in [0.717, 1.165) is 25.1 Å². The summed E-state index contributed by atoms with van der Waals surface area (Å²) in [6, 6.07) is 7.13. The number of nitrogens with two attached hydrogens (primary N) is 1. The number of benzene rings is 1. The molecule has 0 unspecified atom stereocenters. The fourth-order valence-corrected chi connectivity index (χ4v) is 2.09. The quantitative estimate of drug-likeness (QED) is 0.783. The number of hydrogen-bond acceptors (Lipinski definition) is 2. The van der Waals surface area contributed by atoms with E-state index in [1.165, 1.54) is 0 Å². The minimum atomic E-state index is 0. The Morgan fingerprint density at radius 2 is 1.88 bits per heavy atom. The molecular weight excluding hydrogens is 236 g/mol. The van der Waals surface area contributed by atoms with Gasteiger partial charge in [-0.15, -0.1) is 12.4 Å². The van der Waals surface area contributed by atoms with E-state index in [1.54, 1.807) is 24.3 Å². The molecule has 1 aromatic rings. The van der Waals surface area contributed by atoms with Crippen LogP contribution in [0.15, 0.2) is 24.3 Å². The molecule has 1 amide bonds. The molecule has 0 spiro atoms. The number of hydrogen-bond donors (Lipinski definition) is 1. The van der Waals surface area contributed by atoms with E-state index in [-0.39, 0.29) is 23.7 Å². The maximum absolute atomic E-state index is 12.1. The summed E-state index contributed by atoms with van der Waals surface area (Å²) in [7, 11) is 0. The maximum atomic E-state index is 12.1. The van der Waals surface area contributed by atoms with Crippen LogP contribution in [0.25, 0.3) is 0 Å². The molecule has 3 nitrogen and oxygen atoms in total. The maximum Gasteiger partial charge on any atom is 0.253 e. The Labute approximate surface area is 108 Å². The second kappa shape index (κ2) is 4.96. The number of likely N-dealkylation sites (tertiary alicyclic amines) is 1. The lowest BCUT2D eigenvalue weighted by molar-refractivity contribution is 0.0778. The highest BCUT2D eigenvalue weighted by Gasteiger charge is 2.32. The average molecular weight is 255 g/mol. The number of anilines is 1. The molecule has 1 heterocycles. The Morgan fingerprint density at radius 3 is 2.35 bits per heavy atom. The van der Waals surface area contributed by atoms with E-state index in [1.807, 2.05) is 4.90 Å². The van der Waals surface area contributed by atoms with Crippen molar-refractivity contribution in [2.45, 2.75) is 20.3 Å². The summed E-state index contributed by atoms with van der Waals surface area (Å²) in [4.78, 5) is 14.1. The highest BCUT2D eigenvalue weighted by Crippen LogP contribution is 2.29. The molecule has 1 saturated heterocycles. The van der Waals surface area contributed by atoms with Gasteiger partial charge in [0.05, 0.1) is 0 Å². The largest absolute Gasteiger partial charge is 0.399 e. The minimum Gasteiger partial charge on any atom is -0.399 e. The summed E-state index contributed by atoms with van der Waals surface area (Å²) in [5.41, 5.74) is 7.27. The molecule has 1 aromatic carbocycles. The van der Waals surface area contributed by atoms with Crippen LogP contribution in [-0.2, 0) is 0 Å². The average Bonchev–Trinajstić information content (AvgIpc) is 2.59. The van der Waals surface area contributed by atoms with E-state index < -0.39 is 0 Å². The van der Waals surface area contributed by atoms with Gasteiger partial charge in [-0.3, -0.25) is 4.79 Å². The molecular formula is C13H19ClN2O. The summed E-state index contributed by atoms with van der Waals surface area (Å²) in [6.07, 6.45) is 1.08. The van der Waals surface area contributed by atoms with Gasteiger partial charge in [0.15, 0.2) is 0 Å². The Hall–Kier alpha value is -1.22. The zero-order valence-corrected chi connectivity index (χ0v) is 11.1. The third-order valence-corrected chi connectivity index (χ3v) is 3.12. The predicted molar refractivity (Wildman–Crippen MR) is 72.4 cm³/mol. The number of rotatable bonds is 1. The molecule has 0 saturated carbocycles. The SMILES string of the molecule is CC1(C)CCN(C(=O)c2ccc(N)cc2)C1.Cl. The number of amides is 1. The summed E-state index contributed by atoms with van der Waals surface area (Å²) in [5, 5.41) is 0. The molecule has 2 rings (SSSR count). The fraction of sp³-hybridized carbons (Fsp3) is 0.462. The summed E-state index contributed by atoms with van der Waals surface area (Å²) in [5.74, 6) is 0.116. The van der Waals surface area contributed by atoms with Crippen LogP contribution in [0.1, 0.15) is 30.6 Å². The molecule has 0 radical (unpaired) electrons. The third kappa shape index (κ3) is 3.13. The number of carbonyl (C=O) groups is 1. The van der Waals surface area contributed by atoms with Gasteiger partial charge in [-0.1, -0.05) is 13.8 Å². The van der Waals surface area contributed by atoms with Gasteiger partial charge >= 0.3 is 0 Å². The van der Waals surface area contributed by atoms with Gasteiger partial charge in [-0.25, -0.2) is 0 Å². The number of nitrogen functional groups attached to an aromatic ring is 1. The smallest absolute Gasteiger partial charge is 0.253 e. The highest BCUT2D eigenvalue weighted by atomic mass is 35.5. The first kappa shape index (κ1) is 13.8. The van der Waals surface area contributed by atoms with Crippen molar-refractivity contribution < 1.29 is 4.79 Å². The van der Waals surface area contributed by atoms with E-state index in [2.05, 4.69) is 13.8 Å². The molecule has 94 valence electrons. The van der Waals surface area contributed by atoms with Crippen molar-refractivity contribution in [1.82, 2.24) is 4.90 Å². The van der Waals surface area contributed by atoms with Gasteiger partial charge < -0.3 is 10.6 Å². The monoisotopic (exact) mass is 254 g/mol. The third-order valence-electron chi connectivity index (χ3n) is 3.12.